The second kappa shape index (κ2) is 7.03. The number of nitrogens with zero attached hydrogens (tertiary/aromatic N) is 2. The summed E-state index contributed by atoms with van der Waals surface area (Å²) in [4.78, 5) is 40.2. The van der Waals surface area contributed by atoms with E-state index in [-0.39, 0.29) is 29.9 Å². The average Bonchev–Trinajstić information content (AvgIpc) is 3.17. The van der Waals surface area contributed by atoms with E-state index in [0.717, 1.165) is 0 Å². The molecule has 0 saturated heterocycles. The quantitative estimate of drug-likeness (QED) is 0.767. The summed E-state index contributed by atoms with van der Waals surface area (Å²) in [7, 11) is 3.25. The van der Waals surface area contributed by atoms with Crippen molar-refractivity contribution in [3.63, 3.8) is 0 Å². The van der Waals surface area contributed by atoms with Crippen molar-refractivity contribution in [2.24, 2.45) is 0 Å². The molecule has 3 rings (SSSR count). The highest BCUT2D eigenvalue weighted by Gasteiger charge is 2.35. The monoisotopic (exact) mass is 356 g/mol. The molecule has 2 amide bonds. The predicted octanol–water partition coefficient (Wildman–Crippen LogP) is 2.10. The van der Waals surface area contributed by atoms with Crippen molar-refractivity contribution < 1.29 is 23.5 Å². The molecule has 0 fully saturated rings. The van der Waals surface area contributed by atoms with Crippen LogP contribution in [0.4, 0.5) is 5.69 Å². The van der Waals surface area contributed by atoms with Gasteiger partial charge in [0.1, 0.15) is 12.3 Å². The molecule has 26 heavy (non-hydrogen) atoms. The molecule has 0 N–H and O–H groups in total. The summed E-state index contributed by atoms with van der Waals surface area (Å²) < 4.78 is 10.9. The number of ketones is 1. The third-order valence-electron chi connectivity index (χ3n) is 4.23. The van der Waals surface area contributed by atoms with Crippen LogP contribution in [-0.4, -0.2) is 49.2 Å². The number of amides is 2. The number of hydrogen-bond donors (Lipinski definition) is 0. The maximum Gasteiger partial charge on any atom is 0.268 e. The second-order valence-corrected chi connectivity index (χ2v) is 6.22. The van der Waals surface area contributed by atoms with Gasteiger partial charge in [0.15, 0.2) is 11.9 Å². The summed E-state index contributed by atoms with van der Waals surface area (Å²) >= 11 is 0. The maximum atomic E-state index is 12.7. The van der Waals surface area contributed by atoms with Gasteiger partial charge in [-0.05, 0) is 36.8 Å². The van der Waals surface area contributed by atoms with Crippen LogP contribution in [0.15, 0.2) is 41.0 Å². The van der Waals surface area contributed by atoms with Gasteiger partial charge in [0.25, 0.3) is 5.91 Å². The SMILES string of the molecule is CC[C@H]1Oc2ccc(C(=O)c3ccco3)cc2N(CC(=O)N(C)C)C1=O. The second-order valence-electron chi connectivity index (χ2n) is 6.22. The number of carbonyl (C=O) groups is 3. The van der Waals surface area contributed by atoms with Crippen molar-refractivity contribution in [1.29, 1.82) is 0 Å². The number of hydrogen-bond acceptors (Lipinski definition) is 5. The van der Waals surface area contributed by atoms with E-state index >= 15 is 0 Å². The minimum atomic E-state index is -0.649. The molecule has 0 saturated carbocycles. The smallest absolute Gasteiger partial charge is 0.268 e. The minimum absolute atomic E-state index is 0.114. The summed E-state index contributed by atoms with van der Waals surface area (Å²) in [6.07, 6.45) is 1.26. The first-order chi connectivity index (χ1) is 12.4. The highest BCUT2D eigenvalue weighted by Crippen LogP contribution is 2.36. The van der Waals surface area contributed by atoms with E-state index in [2.05, 4.69) is 0 Å². The van der Waals surface area contributed by atoms with Crippen LogP contribution >= 0.6 is 0 Å². The van der Waals surface area contributed by atoms with Crippen LogP contribution in [0.25, 0.3) is 0 Å². The molecule has 7 nitrogen and oxygen atoms in total. The van der Waals surface area contributed by atoms with E-state index in [1.54, 1.807) is 44.4 Å². The van der Waals surface area contributed by atoms with Gasteiger partial charge in [-0.15, -0.1) is 0 Å². The molecule has 136 valence electrons. The number of likely N-dealkylation sites (N-methyl/N-ethyl adjacent to an activating group) is 1. The van der Waals surface area contributed by atoms with Crippen LogP contribution in [0.1, 0.15) is 29.5 Å². The predicted molar refractivity (Wildman–Crippen MR) is 94.3 cm³/mol. The lowest BCUT2D eigenvalue weighted by Gasteiger charge is -2.34. The molecule has 0 spiro atoms. The van der Waals surface area contributed by atoms with Crippen LogP contribution in [0.2, 0.25) is 0 Å². The molecule has 1 aromatic heterocycles. The fraction of sp³-hybridized carbons (Fsp3) is 0.316. The average molecular weight is 356 g/mol. The molecule has 1 aromatic carbocycles. The zero-order chi connectivity index (χ0) is 18.8. The van der Waals surface area contributed by atoms with Crippen molar-refractivity contribution in [1.82, 2.24) is 4.90 Å². The number of ether oxygens (including phenoxy) is 1. The number of fused-ring (bicyclic) bond motifs is 1. The molecule has 0 bridgehead atoms. The van der Waals surface area contributed by atoms with Gasteiger partial charge in [0.05, 0.1) is 12.0 Å². The molecule has 7 heteroatoms. The Kier molecular flexibility index (Phi) is 4.79. The van der Waals surface area contributed by atoms with E-state index in [1.807, 2.05) is 6.92 Å². The summed E-state index contributed by atoms with van der Waals surface area (Å²) in [6, 6.07) is 8.04. The Labute approximate surface area is 151 Å². The molecule has 0 radical (unpaired) electrons. The Morgan fingerprint density at radius 3 is 2.62 bits per heavy atom. The Balaban J connectivity index is 2.00. The Hall–Kier alpha value is -3.09. The van der Waals surface area contributed by atoms with Crippen LogP contribution in [0, 0.1) is 0 Å². The molecule has 0 unspecified atom stereocenters. The van der Waals surface area contributed by atoms with Crippen molar-refractivity contribution in [2.45, 2.75) is 19.4 Å². The lowest BCUT2D eigenvalue weighted by Crippen LogP contribution is -2.49. The fourth-order valence-electron chi connectivity index (χ4n) is 2.71. The van der Waals surface area contributed by atoms with Gasteiger partial charge in [0, 0.05) is 19.7 Å². The van der Waals surface area contributed by atoms with E-state index in [9.17, 15) is 14.4 Å². The van der Waals surface area contributed by atoms with Crippen LogP contribution in [0.3, 0.4) is 0 Å². The standard InChI is InChI=1S/C19H20N2O5/c1-4-14-19(24)21(11-17(22)20(2)3)13-10-12(7-8-15(13)26-14)18(23)16-6-5-9-25-16/h5-10,14H,4,11H2,1-3H3/t14-/m1/s1. The first-order valence-corrected chi connectivity index (χ1v) is 8.32. The fourth-order valence-corrected chi connectivity index (χ4v) is 2.71. The number of furan rings is 1. The van der Waals surface area contributed by atoms with Crippen LogP contribution in [0.5, 0.6) is 5.75 Å². The lowest BCUT2D eigenvalue weighted by atomic mass is 10.0. The molecular formula is C19H20N2O5. The van der Waals surface area contributed by atoms with E-state index in [0.29, 0.717) is 23.4 Å². The van der Waals surface area contributed by atoms with Crippen molar-refractivity contribution in [3.05, 3.63) is 47.9 Å². The number of benzene rings is 1. The molecular weight excluding hydrogens is 336 g/mol. The summed E-state index contributed by atoms with van der Waals surface area (Å²) in [5, 5.41) is 0. The molecule has 2 heterocycles. The minimum Gasteiger partial charge on any atom is -0.478 e. The van der Waals surface area contributed by atoms with Crippen molar-refractivity contribution in [2.75, 3.05) is 25.5 Å². The third-order valence-corrected chi connectivity index (χ3v) is 4.23. The highest BCUT2D eigenvalue weighted by atomic mass is 16.5. The Morgan fingerprint density at radius 1 is 1.23 bits per heavy atom. The van der Waals surface area contributed by atoms with E-state index in [4.69, 9.17) is 9.15 Å². The summed E-state index contributed by atoms with van der Waals surface area (Å²) in [5.41, 5.74) is 0.764. The van der Waals surface area contributed by atoms with E-state index < -0.39 is 6.10 Å². The summed E-state index contributed by atoms with van der Waals surface area (Å²) in [5.74, 6) is -0.141. The van der Waals surface area contributed by atoms with Gasteiger partial charge >= 0.3 is 0 Å². The normalized spacial score (nSPS) is 16.0. The summed E-state index contributed by atoms with van der Waals surface area (Å²) in [6.45, 7) is 1.73. The highest BCUT2D eigenvalue weighted by molar-refractivity contribution is 6.10. The van der Waals surface area contributed by atoms with Gasteiger partial charge in [-0.2, -0.15) is 0 Å². The molecule has 1 aliphatic rings. The zero-order valence-electron chi connectivity index (χ0n) is 14.9. The first-order valence-electron chi connectivity index (χ1n) is 8.32. The maximum absolute atomic E-state index is 12.7. The third kappa shape index (κ3) is 3.20. The molecule has 1 atom stereocenters. The van der Waals surface area contributed by atoms with Crippen molar-refractivity contribution >= 4 is 23.3 Å². The van der Waals surface area contributed by atoms with Crippen LogP contribution < -0.4 is 9.64 Å². The van der Waals surface area contributed by atoms with Crippen LogP contribution in [-0.2, 0) is 9.59 Å². The number of carbonyl (C=O) groups excluding carboxylic acids is 3. The topological polar surface area (TPSA) is 80.1 Å². The largest absolute Gasteiger partial charge is 0.478 e. The Bertz CT molecular complexity index is 842. The molecule has 2 aromatic rings. The van der Waals surface area contributed by atoms with Gasteiger partial charge in [0.2, 0.25) is 11.7 Å². The molecule has 0 aliphatic carbocycles. The van der Waals surface area contributed by atoms with Gasteiger partial charge < -0.3 is 14.1 Å². The van der Waals surface area contributed by atoms with E-state index in [1.165, 1.54) is 16.1 Å². The van der Waals surface area contributed by atoms with Crippen molar-refractivity contribution in [3.8, 4) is 5.75 Å². The van der Waals surface area contributed by atoms with Gasteiger partial charge in [-0.1, -0.05) is 6.92 Å². The lowest BCUT2D eigenvalue weighted by molar-refractivity contribution is -0.131. The number of rotatable bonds is 5. The van der Waals surface area contributed by atoms with Gasteiger partial charge in [-0.25, -0.2) is 0 Å². The zero-order valence-corrected chi connectivity index (χ0v) is 14.9. The first kappa shape index (κ1) is 17.7. The van der Waals surface area contributed by atoms with Gasteiger partial charge in [-0.3, -0.25) is 19.3 Å². The molecule has 1 aliphatic heterocycles. The Morgan fingerprint density at radius 2 is 2.00 bits per heavy atom. The number of anilines is 1.